The van der Waals surface area contributed by atoms with Crippen LogP contribution in [0.2, 0.25) is 5.04 Å². The Balaban J connectivity index is 2.01. The minimum absolute atomic E-state index is 0.0600. The minimum atomic E-state index is -2.86. The van der Waals surface area contributed by atoms with Crippen LogP contribution in [0.4, 0.5) is 0 Å². The van der Waals surface area contributed by atoms with Gasteiger partial charge in [0.25, 0.3) is 8.32 Å². The van der Waals surface area contributed by atoms with Gasteiger partial charge in [-0.05, 0) is 15.4 Å². The molecule has 4 atom stereocenters. The van der Waals surface area contributed by atoms with Crippen LogP contribution in [0.3, 0.4) is 0 Å². The van der Waals surface area contributed by atoms with Crippen molar-refractivity contribution in [2.24, 2.45) is 5.92 Å². The van der Waals surface area contributed by atoms with E-state index in [9.17, 15) is 14.9 Å². The summed E-state index contributed by atoms with van der Waals surface area (Å²) >= 11 is 0. The lowest BCUT2D eigenvalue weighted by Gasteiger charge is -2.43. The van der Waals surface area contributed by atoms with Gasteiger partial charge in [-0.25, -0.2) is 0 Å². The first kappa shape index (κ1) is 26.6. The third-order valence-corrected chi connectivity index (χ3v) is 11.3. The van der Waals surface area contributed by atoms with Crippen LogP contribution in [-0.2, 0) is 28.2 Å². The normalized spacial score (nSPS) is 22.3. The second kappa shape index (κ2) is 11.2. The van der Waals surface area contributed by atoms with E-state index in [1.807, 2.05) is 36.4 Å². The standard InChI is InChI=1S/C27H33NO6Si/c1-19(29)32-25-23(16-17-28)24(34-26(25)33-20(2)30)18-31-35(27(3,4)5,21-12-8-6-9-13-21)22-14-10-7-11-15-22/h6-15,23-26H,16,18H2,1-5H3. The van der Waals surface area contributed by atoms with Gasteiger partial charge in [0.2, 0.25) is 6.29 Å². The molecule has 0 aliphatic carbocycles. The third-order valence-electron chi connectivity index (χ3n) is 6.27. The van der Waals surface area contributed by atoms with Crippen LogP contribution in [0.15, 0.2) is 60.7 Å². The van der Waals surface area contributed by atoms with Gasteiger partial charge >= 0.3 is 11.9 Å². The molecule has 0 aromatic heterocycles. The number of nitrogens with zero attached hydrogens (tertiary/aromatic N) is 1. The fourth-order valence-corrected chi connectivity index (χ4v) is 9.41. The average Bonchev–Trinajstić information content (AvgIpc) is 3.10. The van der Waals surface area contributed by atoms with Crippen molar-refractivity contribution in [3.05, 3.63) is 60.7 Å². The van der Waals surface area contributed by atoms with E-state index in [1.165, 1.54) is 13.8 Å². The monoisotopic (exact) mass is 495 g/mol. The first-order chi connectivity index (χ1) is 16.6. The molecular weight excluding hydrogens is 462 g/mol. The molecule has 3 rings (SSSR count). The molecule has 2 aromatic rings. The number of carbonyl (C=O) groups excluding carboxylic acids is 2. The Kier molecular flexibility index (Phi) is 8.49. The molecule has 2 aromatic carbocycles. The summed E-state index contributed by atoms with van der Waals surface area (Å²) in [6.07, 6.45) is -2.53. The predicted molar refractivity (Wildman–Crippen MR) is 133 cm³/mol. The Morgan fingerprint density at radius 1 is 0.943 bits per heavy atom. The van der Waals surface area contributed by atoms with Crippen molar-refractivity contribution in [1.82, 2.24) is 0 Å². The molecule has 8 heteroatoms. The predicted octanol–water partition coefficient (Wildman–Crippen LogP) is 3.31. The summed E-state index contributed by atoms with van der Waals surface area (Å²) in [7, 11) is -2.86. The lowest BCUT2D eigenvalue weighted by Crippen LogP contribution is -2.67. The molecule has 1 heterocycles. The van der Waals surface area contributed by atoms with Crippen LogP contribution in [0, 0.1) is 17.2 Å². The Labute approximate surface area is 208 Å². The van der Waals surface area contributed by atoms with Gasteiger partial charge in [0.05, 0.1) is 18.8 Å². The third kappa shape index (κ3) is 5.81. The smallest absolute Gasteiger partial charge is 0.305 e. The van der Waals surface area contributed by atoms with Crippen molar-refractivity contribution in [1.29, 1.82) is 5.26 Å². The summed E-state index contributed by atoms with van der Waals surface area (Å²) in [5.41, 5.74) is 0. The van der Waals surface area contributed by atoms with Crippen LogP contribution < -0.4 is 10.4 Å². The second-order valence-corrected chi connectivity index (χ2v) is 14.0. The molecular formula is C27H33NO6Si. The summed E-state index contributed by atoms with van der Waals surface area (Å²) in [6, 6.07) is 22.5. The Bertz CT molecular complexity index is 1010. The lowest BCUT2D eigenvalue weighted by molar-refractivity contribution is -0.195. The van der Waals surface area contributed by atoms with Crippen LogP contribution in [0.25, 0.3) is 0 Å². The molecule has 1 fully saturated rings. The Morgan fingerprint density at radius 2 is 1.46 bits per heavy atom. The first-order valence-electron chi connectivity index (χ1n) is 11.7. The molecule has 35 heavy (non-hydrogen) atoms. The number of benzene rings is 2. The number of esters is 2. The van der Waals surface area contributed by atoms with Gasteiger partial charge in [-0.3, -0.25) is 9.59 Å². The summed E-state index contributed by atoms with van der Waals surface area (Å²) in [5, 5.41) is 11.5. The SMILES string of the molecule is CC(=O)OC1OC(CO[Si](c2ccccc2)(c2ccccc2)C(C)(C)C)C(CC#N)C1OC(C)=O. The Hall–Kier alpha value is -2.99. The molecule has 7 nitrogen and oxygen atoms in total. The van der Waals surface area contributed by atoms with E-state index < -0.39 is 44.7 Å². The molecule has 0 amide bonds. The molecule has 0 N–H and O–H groups in total. The van der Waals surface area contributed by atoms with Crippen molar-refractivity contribution in [2.75, 3.05) is 6.61 Å². The van der Waals surface area contributed by atoms with Crippen molar-refractivity contribution >= 4 is 30.6 Å². The molecule has 0 saturated carbocycles. The second-order valence-electron chi connectivity index (χ2n) is 9.73. The zero-order chi connectivity index (χ0) is 25.6. The number of carbonyl (C=O) groups is 2. The van der Waals surface area contributed by atoms with Crippen LogP contribution in [-0.4, -0.2) is 45.4 Å². The van der Waals surface area contributed by atoms with Crippen molar-refractivity contribution in [3.63, 3.8) is 0 Å². The number of hydrogen-bond donors (Lipinski definition) is 0. The minimum Gasteiger partial charge on any atom is -0.455 e. The van der Waals surface area contributed by atoms with Crippen LogP contribution in [0.5, 0.6) is 0 Å². The highest BCUT2D eigenvalue weighted by Gasteiger charge is 2.53. The van der Waals surface area contributed by atoms with Gasteiger partial charge in [-0.15, -0.1) is 0 Å². The molecule has 0 radical (unpaired) electrons. The van der Waals surface area contributed by atoms with Crippen molar-refractivity contribution in [3.8, 4) is 6.07 Å². The van der Waals surface area contributed by atoms with Crippen LogP contribution >= 0.6 is 0 Å². The maximum absolute atomic E-state index is 11.8. The van der Waals surface area contributed by atoms with Gasteiger partial charge in [-0.2, -0.15) is 5.26 Å². The fraction of sp³-hybridized carbons (Fsp3) is 0.444. The summed E-state index contributed by atoms with van der Waals surface area (Å²) in [4.78, 5) is 23.5. The quantitative estimate of drug-likeness (QED) is 0.410. The van der Waals surface area contributed by atoms with Crippen molar-refractivity contribution in [2.45, 2.75) is 64.6 Å². The topological polar surface area (TPSA) is 94.9 Å². The summed E-state index contributed by atoms with van der Waals surface area (Å²) < 4.78 is 23.8. The van der Waals surface area contributed by atoms with E-state index in [2.05, 4.69) is 51.1 Å². The molecule has 1 saturated heterocycles. The average molecular weight is 496 g/mol. The molecule has 186 valence electrons. The lowest BCUT2D eigenvalue weighted by atomic mass is 9.95. The summed E-state index contributed by atoms with van der Waals surface area (Å²) in [5.74, 6) is -1.60. The molecule has 0 bridgehead atoms. The number of hydrogen-bond acceptors (Lipinski definition) is 7. The van der Waals surface area contributed by atoms with E-state index >= 15 is 0 Å². The summed E-state index contributed by atoms with van der Waals surface area (Å²) in [6.45, 7) is 9.20. The zero-order valence-electron chi connectivity index (χ0n) is 20.9. The number of ether oxygens (including phenoxy) is 3. The number of rotatable bonds is 8. The van der Waals surface area contributed by atoms with Gasteiger partial charge in [0, 0.05) is 26.2 Å². The largest absolute Gasteiger partial charge is 0.455 e. The highest BCUT2D eigenvalue weighted by atomic mass is 28.4. The highest BCUT2D eigenvalue weighted by Crippen LogP contribution is 2.39. The van der Waals surface area contributed by atoms with E-state index in [1.54, 1.807) is 0 Å². The van der Waals surface area contributed by atoms with Gasteiger partial charge < -0.3 is 18.6 Å². The zero-order valence-corrected chi connectivity index (χ0v) is 21.9. The number of nitriles is 1. The van der Waals surface area contributed by atoms with Gasteiger partial charge in [-0.1, -0.05) is 81.4 Å². The molecule has 4 unspecified atom stereocenters. The first-order valence-corrected chi connectivity index (χ1v) is 13.6. The van der Waals surface area contributed by atoms with E-state index in [0.29, 0.717) is 0 Å². The van der Waals surface area contributed by atoms with Gasteiger partial charge in [0.15, 0.2) is 6.10 Å². The fourth-order valence-electron chi connectivity index (χ4n) is 4.84. The van der Waals surface area contributed by atoms with Crippen LogP contribution in [0.1, 0.15) is 41.0 Å². The van der Waals surface area contributed by atoms with Gasteiger partial charge in [0.1, 0.15) is 0 Å². The maximum Gasteiger partial charge on any atom is 0.305 e. The van der Waals surface area contributed by atoms with E-state index in [4.69, 9.17) is 18.6 Å². The highest BCUT2D eigenvalue weighted by molar-refractivity contribution is 6.99. The molecule has 1 aliphatic heterocycles. The molecule has 1 aliphatic rings. The van der Waals surface area contributed by atoms with Crippen molar-refractivity contribution < 1.29 is 28.2 Å². The molecule has 0 spiro atoms. The van der Waals surface area contributed by atoms with E-state index in [-0.39, 0.29) is 18.1 Å². The Morgan fingerprint density at radius 3 is 1.89 bits per heavy atom. The van der Waals surface area contributed by atoms with E-state index in [0.717, 1.165) is 10.4 Å². The maximum atomic E-state index is 11.8.